The fraction of sp³-hybridized carbons (Fsp3) is 0.933. The number of rotatable bonds is 5. The molecule has 110 valence electrons. The molecule has 0 aromatic carbocycles. The third-order valence-electron chi connectivity index (χ3n) is 4.19. The zero-order valence-corrected chi connectivity index (χ0v) is 12.5. The van der Waals surface area contributed by atoms with Crippen LogP contribution in [0.2, 0.25) is 0 Å². The van der Waals surface area contributed by atoms with E-state index in [1.54, 1.807) is 0 Å². The van der Waals surface area contributed by atoms with Crippen molar-refractivity contribution in [2.24, 2.45) is 11.8 Å². The second kappa shape index (κ2) is 7.25. The molecule has 0 saturated carbocycles. The lowest BCUT2D eigenvalue weighted by Crippen LogP contribution is -2.47. The molecule has 0 aromatic rings. The van der Waals surface area contributed by atoms with E-state index in [1.165, 1.54) is 32.4 Å². The average Bonchev–Trinajstić information content (AvgIpc) is 2.84. The molecule has 2 saturated heterocycles. The van der Waals surface area contributed by atoms with Gasteiger partial charge in [-0.2, -0.15) is 0 Å². The summed E-state index contributed by atoms with van der Waals surface area (Å²) in [5, 5.41) is 6.45. The third kappa shape index (κ3) is 4.77. The van der Waals surface area contributed by atoms with Crippen LogP contribution in [-0.2, 0) is 4.79 Å². The molecule has 0 spiro atoms. The Bertz CT molecular complexity index is 287. The van der Waals surface area contributed by atoms with Crippen molar-refractivity contribution in [3.05, 3.63) is 0 Å². The molecule has 0 radical (unpaired) electrons. The van der Waals surface area contributed by atoms with Gasteiger partial charge in [-0.25, -0.2) is 0 Å². The summed E-state index contributed by atoms with van der Waals surface area (Å²) in [5.74, 6) is 1.59. The first-order valence-corrected chi connectivity index (χ1v) is 7.88. The van der Waals surface area contributed by atoms with Gasteiger partial charge in [0.15, 0.2) is 0 Å². The Hall–Kier alpha value is -0.610. The first kappa shape index (κ1) is 14.8. The van der Waals surface area contributed by atoms with Gasteiger partial charge in [0, 0.05) is 19.6 Å². The van der Waals surface area contributed by atoms with Gasteiger partial charge in [-0.05, 0) is 44.2 Å². The lowest BCUT2D eigenvalue weighted by atomic mass is 10.0. The molecule has 2 aliphatic heterocycles. The molecule has 4 nitrogen and oxygen atoms in total. The number of carbonyl (C=O) groups excluding carboxylic acids is 1. The number of likely N-dealkylation sites (tertiary alicyclic amines) is 1. The molecule has 2 aliphatic rings. The molecule has 0 bridgehead atoms. The van der Waals surface area contributed by atoms with E-state index in [0.717, 1.165) is 32.0 Å². The fourth-order valence-corrected chi connectivity index (χ4v) is 3.21. The van der Waals surface area contributed by atoms with Crippen molar-refractivity contribution < 1.29 is 4.79 Å². The van der Waals surface area contributed by atoms with E-state index in [2.05, 4.69) is 29.4 Å². The highest BCUT2D eigenvalue weighted by Crippen LogP contribution is 2.16. The molecule has 2 rings (SSSR count). The van der Waals surface area contributed by atoms with E-state index in [9.17, 15) is 4.79 Å². The maximum atomic E-state index is 12.0. The summed E-state index contributed by atoms with van der Waals surface area (Å²) < 4.78 is 0. The average molecular weight is 267 g/mol. The van der Waals surface area contributed by atoms with Crippen LogP contribution in [0.4, 0.5) is 0 Å². The molecule has 2 heterocycles. The number of nitrogens with one attached hydrogen (secondary N) is 2. The van der Waals surface area contributed by atoms with Gasteiger partial charge < -0.3 is 15.5 Å². The van der Waals surface area contributed by atoms with E-state index in [1.807, 2.05) is 0 Å². The summed E-state index contributed by atoms with van der Waals surface area (Å²) >= 11 is 0. The summed E-state index contributed by atoms with van der Waals surface area (Å²) in [4.78, 5) is 14.6. The maximum absolute atomic E-state index is 12.0. The highest BCUT2D eigenvalue weighted by Gasteiger charge is 2.25. The number of amides is 1. The van der Waals surface area contributed by atoms with Gasteiger partial charge in [-0.15, -0.1) is 0 Å². The van der Waals surface area contributed by atoms with Gasteiger partial charge in [0.1, 0.15) is 0 Å². The highest BCUT2D eigenvalue weighted by atomic mass is 16.2. The molecule has 2 N–H and O–H groups in total. The van der Waals surface area contributed by atoms with E-state index >= 15 is 0 Å². The predicted octanol–water partition coefficient (Wildman–Crippen LogP) is 1.22. The van der Waals surface area contributed by atoms with Crippen LogP contribution in [0.3, 0.4) is 0 Å². The molecule has 1 amide bonds. The second-order valence-electron chi connectivity index (χ2n) is 6.56. The van der Waals surface area contributed by atoms with Gasteiger partial charge >= 0.3 is 0 Å². The first-order chi connectivity index (χ1) is 9.15. The monoisotopic (exact) mass is 267 g/mol. The van der Waals surface area contributed by atoms with Crippen molar-refractivity contribution >= 4 is 5.91 Å². The van der Waals surface area contributed by atoms with Crippen LogP contribution in [0.1, 0.15) is 39.5 Å². The summed E-state index contributed by atoms with van der Waals surface area (Å²) in [7, 11) is 0. The van der Waals surface area contributed by atoms with E-state index in [4.69, 9.17) is 0 Å². The Labute approximate surface area is 117 Å². The lowest BCUT2D eigenvalue weighted by Gasteiger charge is -2.23. The van der Waals surface area contributed by atoms with Gasteiger partial charge in [-0.3, -0.25) is 4.79 Å². The Morgan fingerprint density at radius 1 is 1.37 bits per heavy atom. The van der Waals surface area contributed by atoms with Crippen molar-refractivity contribution in [3.8, 4) is 0 Å². The predicted molar refractivity (Wildman–Crippen MR) is 78.0 cm³/mol. The third-order valence-corrected chi connectivity index (χ3v) is 4.19. The second-order valence-corrected chi connectivity index (χ2v) is 6.56. The van der Waals surface area contributed by atoms with Crippen LogP contribution >= 0.6 is 0 Å². The van der Waals surface area contributed by atoms with Crippen LogP contribution in [0, 0.1) is 11.8 Å². The number of piperidine rings is 1. The number of hydrogen-bond acceptors (Lipinski definition) is 3. The smallest absolute Gasteiger partial charge is 0.237 e. The van der Waals surface area contributed by atoms with Crippen molar-refractivity contribution in [2.75, 3.05) is 32.7 Å². The highest BCUT2D eigenvalue weighted by molar-refractivity contribution is 5.81. The Morgan fingerprint density at radius 3 is 2.89 bits per heavy atom. The molecule has 1 unspecified atom stereocenters. The van der Waals surface area contributed by atoms with Crippen LogP contribution in [0.15, 0.2) is 0 Å². The summed E-state index contributed by atoms with van der Waals surface area (Å²) in [6, 6.07) is 0.0573. The van der Waals surface area contributed by atoms with Gasteiger partial charge in [-0.1, -0.05) is 20.3 Å². The molecule has 4 heteroatoms. The largest absolute Gasteiger partial charge is 0.354 e. The summed E-state index contributed by atoms with van der Waals surface area (Å²) in [5.41, 5.74) is 0. The quantitative estimate of drug-likeness (QED) is 0.787. The summed E-state index contributed by atoms with van der Waals surface area (Å²) in [6.45, 7) is 9.91. The topological polar surface area (TPSA) is 44.4 Å². The molecule has 0 aromatic heterocycles. The van der Waals surface area contributed by atoms with Gasteiger partial charge in [0.25, 0.3) is 0 Å². The standard InChI is InChI=1S/C15H29N3O/c1-12(2)10-18-8-6-13(11-18)9-17-15(19)14-5-3-4-7-16-14/h12-14,16H,3-11H2,1-2H3,(H,17,19)/t13?,14-/m1/s1. The van der Waals surface area contributed by atoms with Crippen molar-refractivity contribution in [1.29, 1.82) is 0 Å². The van der Waals surface area contributed by atoms with Crippen LogP contribution in [0.5, 0.6) is 0 Å². The van der Waals surface area contributed by atoms with Gasteiger partial charge in [0.2, 0.25) is 5.91 Å². The number of hydrogen-bond donors (Lipinski definition) is 2. The van der Waals surface area contributed by atoms with E-state index in [0.29, 0.717) is 5.92 Å². The minimum absolute atomic E-state index is 0.0573. The minimum atomic E-state index is 0.0573. The first-order valence-electron chi connectivity index (χ1n) is 7.88. The maximum Gasteiger partial charge on any atom is 0.237 e. The molecular weight excluding hydrogens is 238 g/mol. The SMILES string of the molecule is CC(C)CN1CCC(CNC(=O)[C@H]2CCCCN2)C1. The Balaban J connectivity index is 1.64. The zero-order valence-electron chi connectivity index (χ0n) is 12.5. The minimum Gasteiger partial charge on any atom is -0.354 e. The van der Waals surface area contributed by atoms with E-state index < -0.39 is 0 Å². The fourth-order valence-electron chi connectivity index (χ4n) is 3.21. The van der Waals surface area contributed by atoms with Crippen molar-refractivity contribution in [2.45, 2.75) is 45.6 Å². The van der Waals surface area contributed by atoms with Crippen molar-refractivity contribution in [1.82, 2.24) is 15.5 Å². The van der Waals surface area contributed by atoms with Crippen LogP contribution < -0.4 is 10.6 Å². The number of nitrogens with zero attached hydrogens (tertiary/aromatic N) is 1. The van der Waals surface area contributed by atoms with Crippen LogP contribution in [-0.4, -0.2) is 49.6 Å². The lowest BCUT2D eigenvalue weighted by molar-refractivity contribution is -0.123. The normalized spacial score (nSPS) is 28.8. The zero-order chi connectivity index (χ0) is 13.7. The summed E-state index contributed by atoms with van der Waals surface area (Å²) in [6.07, 6.45) is 4.61. The van der Waals surface area contributed by atoms with Gasteiger partial charge in [0.05, 0.1) is 6.04 Å². The Morgan fingerprint density at radius 2 is 2.21 bits per heavy atom. The van der Waals surface area contributed by atoms with E-state index in [-0.39, 0.29) is 11.9 Å². The molecule has 2 atom stereocenters. The van der Waals surface area contributed by atoms with Crippen LogP contribution in [0.25, 0.3) is 0 Å². The molecule has 0 aliphatic carbocycles. The number of carbonyl (C=O) groups is 1. The molecule has 19 heavy (non-hydrogen) atoms. The van der Waals surface area contributed by atoms with Crippen molar-refractivity contribution in [3.63, 3.8) is 0 Å². The molecular formula is C15H29N3O. The molecule has 2 fully saturated rings. The Kier molecular flexibility index (Phi) is 5.64.